The number of fused-ring (bicyclic) bond motifs is 3. The zero-order chi connectivity index (χ0) is 23.0. The van der Waals surface area contributed by atoms with Crippen LogP contribution in [0.3, 0.4) is 0 Å². The zero-order valence-corrected chi connectivity index (χ0v) is 19.6. The van der Waals surface area contributed by atoms with E-state index in [1.54, 1.807) is 7.11 Å². The number of aromatic nitrogens is 1. The van der Waals surface area contributed by atoms with Crippen molar-refractivity contribution in [3.8, 4) is 5.75 Å². The molecule has 0 spiro atoms. The van der Waals surface area contributed by atoms with Gasteiger partial charge in [-0.2, -0.15) is 0 Å². The van der Waals surface area contributed by atoms with Gasteiger partial charge >= 0.3 is 6.09 Å². The number of hydrogen-bond donors (Lipinski definition) is 2. The molecular weight excluding hydrogens is 404 g/mol. The largest absolute Gasteiger partial charge is 0.495 e. The van der Waals surface area contributed by atoms with Gasteiger partial charge in [-0.25, -0.2) is 4.79 Å². The second-order valence-corrected chi connectivity index (χ2v) is 9.91. The van der Waals surface area contributed by atoms with Crippen molar-refractivity contribution in [3.63, 3.8) is 0 Å². The number of carbonyl (C=O) groups is 1. The number of piperidine rings is 1. The maximum atomic E-state index is 12.7. The van der Waals surface area contributed by atoms with Crippen LogP contribution < -0.4 is 15.8 Å². The minimum absolute atomic E-state index is 0.0795. The molecule has 4 rings (SSSR count). The number of alkyl carbamates (subject to hydrolysis) is 1. The van der Waals surface area contributed by atoms with Gasteiger partial charge in [0, 0.05) is 43.0 Å². The lowest BCUT2D eigenvalue weighted by Gasteiger charge is -2.47. The minimum Gasteiger partial charge on any atom is -0.495 e. The predicted molar refractivity (Wildman–Crippen MR) is 125 cm³/mol. The SMILES string of the molecule is COc1cc2c(cc1N)CCN1C[C@H](c3cc(C)ccn3)[C@H](NC(=O)OC(C)(C)C)C[C@H]21. The van der Waals surface area contributed by atoms with E-state index in [4.69, 9.17) is 15.2 Å². The number of amides is 1. The maximum Gasteiger partial charge on any atom is 0.407 e. The lowest BCUT2D eigenvalue weighted by Crippen LogP contribution is -2.53. The number of anilines is 1. The summed E-state index contributed by atoms with van der Waals surface area (Å²) in [5.41, 5.74) is 10.9. The van der Waals surface area contributed by atoms with Crippen LogP contribution in [0.5, 0.6) is 5.75 Å². The Hall–Kier alpha value is -2.80. The van der Waals surface area contributed by atoms with Gasteiger partial charge in [-0.3, -0.25) is 9.88 Å². The van der Waals surface area contributed by atoms with E-state index in [1.807, 2.05) is 39.1 Å². The summed E-state index contributed by atoms with van der Waals surface area (Å²) in [5.74, 6) is 0.778. The molecule has 2 aromatic rings. The van der Waals surface area contributed by atoms with Crippen LogP contribution in [0.25, 0.3) is 0 Å². The quantitative estimate of drug-likeness (QED) is 0.705. The highest BCUT2D eigenvalue weighted by Crippen LogP contribution is 2.43. The molecule has 172 valence electrons. The average molecular weight is 439 g/mol. The molecule has 1 fully saturated rings. The third-order valence-corrected chi connectivity index (χ3v) is 6.37. The maximum absolute atomic E-state index is 12.7. The number of ether oxygens (including phenoxy) is 2. The van der Waals surface area contributed by atoms with E-state index in [0.29, 0.717) is 11.4 Å². The number of nitrogen functional groups attached to an aromatic ring is 1. The lowest BCUT2D eigenvalue weighted by atomic mass is 9.79. The van der Waals surface area contributed by atoms with Gasteiger partial charge in [-0.05, 0) is 81.5 Å². The second kappa shape index (κ2) is 8.62. The van der Waals surface area contributed by atoms with Gasteiger partial charge in [0.15, 0.2) is 0 Å². The van der Waals surface area contributed by atoms with Crippen LogP contribution in [0.4, 0.5) is 10.5 Å². The monoisotopic (exact) mass is 438 g/mol. The number of methoxy groups -OCH3 is 1. The van der Waals surface area contributed by atoms with Crippen LogP contribution in [-0.4, -0.2) is 47.8 Å². The Balaban J connectivity index is 1.67. The fraction of sp³-hybridized carbons (Fsp3) is 0.520. The molecule has 3 heterocycles. The van der Waals surface area contributed by atoms with Gasteiger partial charge in [0.05, 0.1) is 12.8 Å². The lowest BCUT2D eigenvalue weighted by molar-refractivity contribution is 0.0411. The Kier molecular flexibility index (Phi) is 6.03. The first-order valence-corrected chi connectivity index (χ1v) is 11.3. The summed E-state index contributed by atoms with van der Waals surface area (Å²) in [6.45, 7) is 9.47. The first-order chi connectivity index (χ1) is 15.1. The van der Waals surface area contributed by atoms with Gasteiger partial charge in [0.1, 0.15) is 11.4 Å². The van der Waals surface area contributed by atoms with E-state index in [0.717, 1.165) is 37.2 Å². The molecule has 1 amide bonds. The van der Waals surface area contributed by atoms with Gasteiger partial charge in [0.2, 0.25) is 0 Å². The highest BCUT2D eigenvalue weighted by Gasteiger charge is 2.41. The Morgan fingerprint density at radius 2 is 2.06 bits per heavy atom. The molecule has 7 heteroatoms. The van der Waals surface area contributed by atoms with Gasteiger partial charge in [0.25, 0.3) is 0 Å². The molecule has 7 nitrogen and oxygen atoms in total. The van der Waals surface area contributed by atoms with E-state index in [9.17, 15) is 4.79 Å². The third-order valence-electron chi connectivity index (χ3n) is 6.37. The fourth-order valence-electron chi connectivity index (χ4n) is 4.94. The van der Waals surface area contributed by atoms with Crippen molar-refractivity contribution in [1.29, 1.82) is 0 Å². The zero-order valence-electron chi connectivity index (χ0n) is 19.6. The van der Waals surface area contributed by atoms with Crippen molar-refractivity contribution >= 4 is 11.8 Å². The molecule has 0 unspecified atom stereocenters. The number of nitrogens with zero attached hydrogens (tertiary/aromatic N) is 2. The molecule has 3 N–H and O–H groups in total. The molecule has 0 aliphatic carbocycles. The Morgan fingerprint density at radius 1 is 1.28 bits per heavy atom. The summed E-state index contributed by atoms with van der Waals surface area (Å²) in [4.78, 5) is 19.9. The van der Waals surface area contributed by atoms with Crippen LogP contribution >= 0.6 is 0 Å². The Bertz CT molecular complexity index is 1000. The van der Waals surface area contributed by atoms with Crippen LogP contribution in [0, 0.1) is 6.92 Å². The molecule has 0 bridgehead atoms. The van der Waals surface area contributed by atoms with E-state index in [-0.39, 0.29) is 24.1 Å². The summed E-state index contributed by atoms with van der Waals surface area (Å²) in [5, 5.41) is 3.16. The van der Waals surface area contributed by atoms with Crippen LogP contribution in [0.1, 0.15) is 61.5 Å². The topological polar surface area (TPSA) is 89.7 Å². The molecule has 2 aliphatic rings. The average Bonchev–Trinajstić information content (AvgIpc) is 2.71. The van der Waals surface area contributed by atoms with Crippen LogP contribution in [0.2, 0.25) is 0 Å². The van der Waals surface area contributed by atoms with Crippen molar-refractivity contribution in [2.75, 3.05) is 25.9 Å². The summed E-state index contributed by atoms with van der Waals surface area (Å²) in [7, 11) is 1.64. The smallest absolute Gasteiger partial charge is 0.407 e. The van der Waals surface area contributed by atoms with Crippen molar-refractivity contribution in [2.45, 2.75) is 64.1 Å². The molecule has 32 heavy (non-hydrogen) atoms. The highest BCUT2D eigenvalue weighted by atomic mass is 16.6. The normalized spacial score (nSPS) is 23.1. The summed E-state index contributed by atoms with van der Waals surface area (Å²) in [6.07, 6.45) is 3.16. The number of aryl methyl sites for hydroxylation is 1. The molecule has 3 atom stereocenters. The second-order valence-electron chi connectivity index (χ2n) is 9.91. The molecule has 1 aromatic heterocycles. The molecular formula is C25H34N4O3. The number of pyridine rings is 1. The van der Waals surface area contributed by atoms with E-state index < -0.39 is 5.60 Å². The standard InChI is InChI=1S/C25H34N4O3/c1-15-6-8-27-20(10-15)18-14-29-9-7-16-11-19(26)23(31-5)12-17(16)22(29)13-21(18)28-24(30)32-25(2,3)4/h6,8,10-12,18,21-22H,7,9,13-14,26H2,1-5H3,(H,28,30)/t18-,21-,22-/m1/s1. The van der Waals surface area contributed by atoms with Crippen LogP contribution in [0.15, 0.2) is 30.5 Å². The number of nitrogens with two attached hydrogens (primary N) is 1. The minimum atomic E-state index is -0.551. The van der Waals surface area contributed by atoms with E-state index in [1.165, 1.54) is 11.1 Å². The van der Waals surface area contributed by atoms with Gasteiger partial charge in [-0.1, -0.05) is 0 Å². The van der Waals surface area contributed by atoms with E-state index >= 15 is 0 Å². The van der Waals surface area contributed by atoms with Crippen molar-refractivity contribution in [3.05, 3.63) is 52.8 Å². The number of carbonyl (C=O) groups excluding carboxylic acids is 1. The number of rotatable bonds is 3. The predicted octanol–water partition coefficient (Wildman–Crippen LogP) is 3.96. The first-order valence-electron chi connectivity index (χ1n) is 11.3. The number of nitrogens with one attached hydrogen (secondary N) is 1. The van der Waals surface area contributed by atoms with Crippen LogP contribution in [-0.2, 0) is 11.2 Å². The summed E-state index contributed by atoms with van der Waals surface area (Å²) < 4.78 is 11.1. The fourth-order valence-corrected chi connectivity index (χ4v) is 4.94. The summed E-state index contributed by atoms with van der Waals surface area (Å²) >= 11 is 0. The highest BCUT2D eigenvalue weighted by molar-refractivity contribution is 5.68. The molecule has 0 radical (unpaired) electrons. The Morgan fingerprint density at radius 3 is 2.75 bits per heavy atom. The number of hydrogen-bond acceptors (Lipinski definition) is 6. The molecule has 1 saturated heterocycles. The molecule has 1 aromatic carbocycles. The van der Waals surface area contributed by atoms with Gasteiger partial charge < -0.3 is 20.5 Å². The molecule has 0 saturated carbocycles. The summed E-state index contributed by atoms with van der Waals surface area (Å²) in [6, 6.07) is 8.30. The Labute approximate surface area is 190 Å². The van der Waals surface area contributed by atoms with Crippen molar-refractivity contribution in [2.24, 2.45) is 0 Å². The van der Waals surface area contributed by atoms with Crippen molar-refractivity contribution in [1.82, 2.24) is 15.2 Å². The third kappa shape index (κ3) is 4.67. The van der Waals surface area contributed by atoms with Gasteiger partial charge in [-0.15, -0.1) is 0 Å². The number of benzene rings is 1. The van der Waals surface area contributed by atoms with E-state index in [2.05, 4.69) is 34.3 Å². The first kappa shape index (κ1) is 22.4. The van der Waals surface area contributed by atoms with Crippen molar-refractivity contribution < 1.29 is 14.3 Å². The molecule has 2 aliphatic heterocycles.